The first kappa shape index (κ1) is 21.8. The quantitative estimate of drug-likeness (QED) is 0.626. The highest BCUT2D eigenvalue weighted by atomic mass is 35.5. The molecule has 0 bridgehead atoms. The standard InChI is InChI=1S/C20H26ClN3O4S/c21-16-6-4-7-17(14-16)29(26,27)23-10-9-20(25)22-15-18(19-8-5-13-28-19)24-11-2-1-3-12-24/h4-8,13-14,18,23H,1-3,9-12,15H2,(H,22,25). The molecule has 0 spiro atoms. The molecule has 1 unspecified atom stereocenters. The number of carbonyl (C=O) groups excluding carboxylic acids is 1. The van der Waals surface area contributed by atoms with Gasteiger partial charge >= 0.3 is 0 Å². The van der Waals surface area contributed by atoms with Gasteiger partial charge < -0.3 is 9.73 Å². The molecule has 3 rings (SSSR count). The lowest BCUT2D eigenvalue weighted by atomic mass is 10.1. The van der Waals surface area contributed by atoms with Crippen LogP contribution in [0.15, 0.2) is 52.0 Å². The van der Waals surface area contributed by atoms with Crippen LogP contribution in [0.3, 0.4) is 0 Å². The van der Waals surface area contributed by atoms with E-state index in [2.05, 4.69) is 14.9 Å². The van der Waals surface area contributed by atoms with Crippen LogP contribution in [-0.4, -0.2) is 45.4 Å². The normalized spacial score (nSPS) is 16.4. The van der Waals surface area contributed by atoms with Crippen molar-refractivity contribution in [2.45, 2.75) is 36.6 Å². The van der Waals surface area contributed by atoms with E-state index in [1.54, 1.807) is 18.4 Å². The van der Waals surface area contributed by atoms with Gasteiger partial charge in [-0.3, -0.25) is 9.69 Å². The molecule has 2 aromatic rings. The van der Waals surface area contributed by atoms with Gasteiger partial charge in [0, 0.05) is 24.5 Å². The Morgan fingerprint density at radius 1 is 1.17 bits per heavy atom. The first-order valence-corrected chi connectivity index (χ1v) is 11.6. The van der Waals surface area contributed by atoms with Crippen molar-refractivity contribution in [2.24, 2.45) is 0 Å². The van der Waals surface area contributed by atoms with Crippen molar-refractivity contribution in [3.05, 3.63) is 53.4 Å². The van der Waals surface area contributed by atoms with Crippen molar-refractivity contribution in [1.82, 2.24) is 14.9 Å². The van der Waals surface area contributed by atoms with E-state index in [-0.39, 0.29) is 29.8 Å². The molecule has 0 radical (unpaired) electrons. The fourth-order valence-corrected chi connectivity index (χ4v) is 4.77. The minimum absolute atomic E-state index is 0.00974. The third-order valence-corrected chi connectivity index (χ3v) is 6.64. The Balaban J connectivity index is 1.49. The van der Waals surface area contributed by atoms with Gasteiger partial charge in [0.15, 0.2) is 0 Å². The van der Waals surface area contributed by atoms with Crippen molar-refractivity contribution in [2.75, 3.05) is 26.2 Å². The topological polar surface area (TPSA) is 91.6 Å². The highest BCUT2D eigenvalue weighted by Gasteiger charge is 2.25. The van der Waals surface area contributed by atoms with Crippen molar-refractivity contribution in [3.8, 4) is 0 Å². The number of hydrogen-bond acceptors (Lipinski definition) is 5. The van der Waals surface area contributed by atoms with E-state index in [1.165, 1.54) is 18.6 Å². The summed E-state index contributed by atoms with van der Waals surface area (Å²) in [5.41, 5.74) is 0. The van der Waals surface area contributed by atoms with Gasteiger partial charge in [-0.2, -0.15) is 0 Å². The molecule has 0 aliphatic carbocycles. The summed E-state index contributed by atoms with van der Waals surface area (Å²) in [5.74, 6) is 0.612. The van der Waals surface area contributed by atoms with Crippen molar-refractivity contribution in [3.63, 3.8) is 0 Å². The molecule has 1 aromatic heterocycles. The number of rotatable bonds is 9. The van der Waals surface area contributed by atoms with E-state index in [0.29, 0.717) is 11.6 Å². The molecule has 9 heteroatoms. The first-order chi connectivity index (χ1) is 14.0. The van der Waals surface area contributed by atoms with Gasteiger partial charge in [0.1, 0.15) is 5.76 Å². The molecule has 1 saturated heterocycles. The molecule has 0 saturated carbocycles. The lowest BCUT2D eigenvalue weighted by Crippen LogP contribution is -2.41. The number of benzene rings is 1. The third kappa shape index (κ3) is 6.30. The van der Waals surface area contributed by atoms with Crippen LogP contribution in [0.5, 0.6) is 0 Å². The fraction of sp³-hybridized carbons (Fsp3) is 0.450. The molecule has 2 heterocycles. The van der Waals surface area contributed by atoms with E-state index < -0.39 is 10.0 Å². The molecular weight excluding hydrogens is 414 g/mol. The number of nitrogens with zero attached hydrogens (tertiary/aromatic N) is 1. The van der Waals surface area contributed by atoms with Crippen molar-refractivity contribution >= 4 is 27.5 Å². The highest BCUT2D eigenvalue weighted by Crippen LogP contribution is 2.24. The molecular formula is C20H26ClN3O4S. The molecule has 1 fully saturated rings. The number of nitrogens with one attached hydrogen (secondary N) is 2. The molecule has 2 N–H and O–H groups in total. The summed E-state index contributed by atoms with van der Waals surface area (Å²) in [6.45, 7) is 2.38. The molecule has 1 aromatic carbocycles. The predicted molar refractivity (Wildman–Crippen MR) is 111 cm³/mol. The Kier molecular flexibility index (Phi) is 7.71. The maximum absolute atomic E-state index is 12.3. The SMILES string of the molecule is O=C(CCNS(=O)(=O)c1cccc(Cl)c1)NCC(c1ccco1)N1CCCCC1. The van der Waals surface area contributed by atoms with Crippen LogP contribution in [0.1, 0.15) is 37.5 Å². The van der Waals surface area contributed by atoms with Gasteiger partial charge in [0.2, 0.25) is 15.9 Å². The summed E-state index contributed by atoms with van der Waals surface area (Å²) in [6.07, 6.45) is 5.18. The minimum atomic E-state index is -3.70. The zero-order valence-electron chi connectivity index (χ0n) is 16.1. The first-order valence-electron chi connectivity index (χ1n) is 9.75. The van der Waals surface area contributed by atoms with Crippen LogP contribution >= 0.6 is 11.6 Å². The molecule has 1 aliphatic rings. The Hall–Kier alpha value is -1.87. The van der Waals surface area contributed by atoms with Crippen LogP contribution in [0, 0.1) is 0 Å². The van der Waals surface area contributed by atoms with E-state index in [0.717, 1.165) is 31.7 Å². The van der Waals surface area contributed by atoms with E-state index in [1.807, 2.05) is 12.1 Å². The largest absolute Gasteiger partial charge is 0.468 e. The number of furan rings is 1. The van der Waals surface area contributed by atoms with Gasteiger partial charge in [-0.1, -0.05) is 24.1 Å². The second-order valence-corrected chi connectivity index (χ2v) is 9.24. The number of piperidine rings is 1. The van der Waals surface area contributed by atoms with Crippen molar-refractivity contribution in [1.29, 1.82) is 0 Å². The maximum atomic E-state index is 12.3. The number of amides is 1. The third-order valence-electron chi connectivity index (χ3n) is 4.95. The molecule has 1 atom stereocenters. The number of likely N-dealkylation sites (tertiary alicyclic amines) is 1. The smallest absolute Gasteiger partial charge is 0.240 e. The minimum Gasteiger partial charge on any atom is -0.468 e. The van der Waals surface area contributed by atoms with Gasteiger partial charge in [-0.25, -0.2) is 13.1 Å². The maximum Gasteiger partial charge on any atom is 0.240 e. The Morgan fingerprint density at radius 2 is 1.97 bits per heavy atom. The molecule has 7 nitrogen and oxygen atoms in total. The second kappa shape index (κ2) is 10.2. The van der Waals surface area contributed by atoms with E-state index >= 15 is 0 Å². The molecule has 1 aliphatic heterocycles. The van der Waals surface area contributed by atoms with Gasteiger partial charge in [-0.05, 0) is 56.3 Å². The average Bonchev–Trinajstić information content (AvgIpc) is 3.23. The lowest BCUT2D eigenvalue weighted by Gasteiger charge is -2.33. The number of carbonyl (C=O) groups is 1. The summed E-state index contributed by atoms with van der Waals surface area (Å²) >= 11 is 5.84. The molecule has 158 valence electrons. The summed E-state index contributed by atoms with van der Waals surface area (Å²) in [6, 6.07) is 9.75. The second-order valence-electron chi connectivity index (χ2n) is 7.04. The van der Waals surface area contributed by atoms with Crippen molar-refractivity contribution < 1.29 is 17.6 Å². The van der Waals surface area contributed by atoms with Gasteiger partial charge in [-0.15, -0.1) is 0 Å². The van der Waals surface area contributed by atoms with Crippen LogP contribution < -0.4 is 10.0 Å². The van der Waals surface area contributed by atoms with Crippen LogP contribution in [0.4, 0.5) is 0 Å². The Bertz CT molecular complexity index is 896. The van der Waals surface area contributed by atoms with Crippen LogP contribution in [0.25, 0.3) is 0 Å². The van der Waals surface area contributed by atoms with Crippen LogP contribution in [-0.2, 0) is 14.8 Å². The monoisotopic (exact) mass is 439 g/mol. The Morgan fingerprint density at radius 3 is 2.66 bits per heavy atom. The average molecular weight is 440 g/mol. The lowest BCUT2D eigenvalue weighted by molar-refractivity contribution is -0.121. The fourth-order valence-electron chi connectivity index (χ4n) is 3.44. The zero-order valence-corrected chi connectivity index (χ0v) is 17.7. The number of halogens is 1. The van der Waals surface area contributed by atoms with E-state index in [9.17, 15) is 13.2 Å². The van der Waals surface area contributed by atoms with Gasteiger partial charge in [0.05, 0.1) is 17.2 Å². The summed E-state index contributed by atoms with van der Waals surface area (Å²) in [5, 5.41) is 3.25. The highest BCUT2D eigenvalue weighted by molar-refractivity contribution is 7.89. The Labute approximate surface area is 176 Å². The predicted octanol–water partition coefficient (Wildman–Crippen LogP) is 2.94. The zero-order chi connectivity index (χ0) is 20.7. The number of hydrogen-bond donors (Lipinski definition) is 2. The molecule has 29 heavy (non-hydrogen) atoms. The van der Waals surface area contributed by atoms with E-state index in [4.69, 9.17) is 16.0 Å². The summed E-state index contributed by atoms with van der Waals surface area (Å²) in [7, 11) is -3.70. The molecule has 1 amide bonds. The summed E-state index contributed by atoms with van der Waals surface area (Å²) < 4.78 is 32.6. The summed E-state index contributed by atoms with van der Waals surface area (Å²) in [4.78, 5) is 14.7. The van der Waals surface area contributed by atoms with Crippen LogP contribution in [0.2, 0.25) is 5.02 Å². The van der Waals surface area contributed by atoms with Gasteiger partial charge in [0.25, 0.3) is 0 Å². The number of sulfonamides is 1.